The predicted octanol–water partition coefficient (Wildman–Crippen LogP) is 2.80. The number of aromatic nitrogens is 3. The average molecular weight is 339 g/mol. The summed E-state index contributed by atoms with van der Waals surface area (Å²) in [5.41, 5.74) is 6.89. The van der Waals surface area contributed by atoms with Crippen LogP contribution in [0.4, 0.5) is 4.79 Å². The fourth-order valence-corrected chi connectivity index (χ4v) is 3.46. The second-order valence-electron chi connectivity index (χ2n) is 5.71. The maximum Gasteiger partial charge on any atom is 0.318 e. The van der Waals surface area contributed by atoms with E-state index in [1.807, 2.05) is 40.6 Å². The Labute approximate surface area is 143 Å². The molecular formula is C17H17N5OS. The van der Waals surface area contributed by atoms with Crippen LogP contribution in [0.2, 0.25) is 0 Å². The Morgan fingerprint density at radius 2 is 2.21 bits per heavy atom. The van der Waals surface area contributed by atoms with Gasteiger partial charge >= 0.3 is 6.03 Å². The number of carbonyl (C=O) groups is 1. The van der Waals surface area contributed by atoms with E-state index >= 15 is 0 Å². The van der Waals surface area contributed by atoms with E-state index in [2.05, 4.69) is 20.5 Å². The number of benzene rings is 1. The number of nitrogens with zero attached hydrogens (tertiary/aromatic N) is 3. The average Bonchev–Trinajstić information content (AvgIpc) is 3.29. The van der Waals surface area contributed by atoms with E-state index in [1.165, 1.54) is 11.3 Å². The van der Waals surface area contributed by atoms with Gasteiger partial charge in [-0.05, 0) is 0 Å². The minimum atomic E-state index is -0.0612. The van der Waals surface area contributed by atoms with Crippen molar-refractivity contribution in [3.63, 3.8) is 0 Å². The first-order valence-electron chi connectivity index (χ1n) is 7.82. The summed E-state index contributed by atoms with van der Waals surface area (Å²) in [7, 11) is 0. The highest BCUT2D eigenvalue weighted by Gasteiger charge is 2.25. The second-order valence-corrected chi connectivity index (χ2v) is 6.42. The summed E-state index contributed by atoms with van der Waals surface area (Å²) in [4.78, 5) is 18.4. The zero-order valence-electron chi connectivity index (χ0n) is 13.0. The molecule has 122 valence electrons. The molecule has 0 unspecified atom stereocenters. The molecule has 0 saturated heterocycles. The normalized spacial score (nSPS) is 13.6. The first-order chi connectivity index (χ1) is 11.8. The van der Waals surface area contributed by atoms with Gasteiger partial charge in [0.25, 0.3) is 0 Å². The van der Waals surface area contributed by atoms with E-state index in [1.54, 1.807) is 5.51 Å². The van der Waals surface area contributed by atoms with Crippen molar-refractivity contribution in [2.24, 2.45) is 0 Å². The molecule has 2 aromatic heterocycles. The van der Waals surface area contributed by atoms with Gasteiger partial charge in [-0.1, -0.05) is 30.3 Å². The molecule has 0 bridgehead atoms. The molecule has 7 heteroatoms. The van der Waals surface area contributed by atoms with Crippen molar-refractivity contribution in [1.29, 1.82) is 0 Å². The molecule has 24 heavy (non-hydrogen) atoms. The van der Waals surface area contributed by atoms with E-state index in [9.17, 15) is 4.79 Å². The van der Waals surface area contributed by atoms with Gasteiger partial charge < -0.3 is 10.2 Å². The van der Waals surface area contributed by atoms with Crippen LogP contribution in [0.15, 0.2) is 41.2 Å². The molecule has 3 heterocycles. The molecule has 0 fully saturated rings. The van der Waals surface area contributed by atoms with Crippen molar-refractivity contribution in [1.82, 2.24) is 25.4 Å². The number of aromatic amines is 1. The zero-order chi connectivity index (χ0) is 16.4. The van der Waals surface area contributed by atoms with Crippen LogP contribution in [-0.2, 0) is 19.5 Å². The summed E-state index contributed by atoms with van der Waals surface area (Å²) in [6, 6.07) is 10.00. The number of nitrogens with one attached hydrogen (secondary N) is 2. The molecule has 1 aromatic carbocycles. The van der Waals surface area contributed by atoms with Crippen LogP contribution >= 0.6 is 11.3 Å². The van der Waals surface area contributed by atoms with Crippen LogP contribution in [0.1, 0.15) is 17.0 Å². The summed E-state index contributed by atoms with van der Waals surface area (Å²) < 4.78 is 0. The van der Waals surface area contributed by atoms with Gasteiger partial charge in [0.2, 0.25) is 0 Å². The Morgan fingerprint density at radius 1 is 1.33 bits per heavy atom. The molecule has 1 aliphatic heterocycles. The van der Waals surface area contributed by atoms with Crippen LogP contribution in [0.5, 0.6) is 0 Å². The lowest BCUT2D eigenvalue weighted by Crippen LogP contribution is -2.42. The van der Waals surface area contributed by atoms with Crippen molar-refractivity contribution < 1.29 is 4.79 Å². The summed E-state index contributed by atoms with van der Waals surface area (Å²) >= 11 is 1.53. The molecule has 0 spiro atoms. The highest BCUT2D eigenvalue weighted by molar-refractivity contribution is 7.07. The Bertz CT molecular complexity index is 828. The number of hydrogen-bond donors (Lipinski definition) is 2. The van der Waals surface area contributed by atoms with Gasteiger partial charge in [-0.2, -0.15) is 5.10 Å². The summed E-state index contributed by atoms with van der Waals surface area (Å²) in [5.74, 6) is 0. The number of amides is 2. The third-order valence-electron chi connectivity index (χ3n) is 4.17. The van der Waals surface area contributed by atoms with Gasteiger partial charge in [-0.15, -0.1) is 11.3 Å². The standard InChI is InChI=1S/C17H17N5OS/c23-17(18-8-13-10-24-11-19-13)22-7-6-15-14(9-22)16(21-20-15)12-4-2-1-3-5-12/h1-5,10-11H,6-9H2,(H,18,23)(H,20,21). The van der Waals surface area contributed by atoms with E-state index in [0.29, 0.717) is 19.6 Å². The number of H-pyrrole nitrogens is 1. The molecule has 0 atom stereocenters. The number of thiazole rings is 1. The van der Waals surface area contributed by atoms with Gasteiger partial charge in [0, 0.05) is 35.2 Å². The van der Waals surface area contributed by atoms with Gasteiger partial charge in [0.15, 0.2) is 0 Å². The van der Waals surface area contributed by atoms with E-state index in [4.69, 9.17) is 0 Å². The van der Waals surface area contributed by atoms with Crippen molar-refractivity contribution >= 4 is 17.4 Å². The van der Waals surface area contributed by atoms with Gasteiger partial charge in [-0.25, -0.2) is 9.78 Å². The lowest BCUT2D eigenvalue weighted by Gasteiger charge is -2.27. The summed E-state index contributed by atoms with van der Waals surface area (Å²) in [6.07, 6.45) is 0.791. The highest BCUT2D eigenvalue weighted by atomic mass is 32.1. The Morgan fingerprint density at radius 3 is 3.00 bits per heavy atom. The van der Waals surface area contributed by atoms with Gasteiger partial charge in [-0.3, -0.25) is 5.10 Å². The lowest BCUT2D eigenvalue weighted by atomic mass is 10.0. The monoisotopic (exact) mass is 339 g/mol. The molecule has 6 nitrogen and oxygen atoms in total. The fourth-order valence-electron chi connectivity index (χ4n) is 2.91. The molecule has 2 amide bonds. The minimum absolute atomic E-state index is 0.0612. The number of carbonyl (C=O) groups excluding carboxylic acids is 1. The minimum Gasteiger partial charge on any atom is -0.332 e. The van der Waals surface area contributed by atoms with Crippen molar-refractivity contribution in [3.05, 3.63) is 58.2 Å². The van der Waals surface area contributed by atoms with Crippen molar-refractivity contribution in [3.8, 4) is 11.3 Å². The van der Waals surface area contributed by atoms with Gasteiger partial charge in [0.05, 0.1) is 30.0 Å². The molecule has 0 aliphatic carbocycles. The third kappa shape index (κ3) is 2.90. The maximum absolute atomic E-state index is 12.4. The summed E-state index contributed by atoms with van der Waals surface area (Å²) in [6.45, 7) is 1.72. The van der Waals surface area contributed by atoms with Crippen LogP contribution in [-0.4, -0.2) is 32.7 Å². The SMILES string of the molecule is O=C(NCc1cscn1)N1CCc2[nH]nc(-c3ccccc3)c2C1. The third-order valence-corrected chi connectivity index (χ3v) is 4.81. The molecule has 1 aliphatic rings. The van der Waals surface area contributed by atoms with Crippen molar-refractivity contribution in [2.45, 2.75) is 19.5 Å². The fraction of sp³-hybridized carbons (Fsp3) is 0.235. The largest absolute Gasteiger partial charge is 0.332 e. The van der Waals surface area contributed by atoms with E-state index < -0.39 is 0 Å². The highest BCUT2D eigenvalue weighted by Crippen LogP contribution is 2.28. The summed E-state index contributed by atoms with van der Waals surface area (Å²) in [5, 5.41) is 12.5. The lowest BCUT2D eigenvalue weighted by molar-refractivity contribution is 0.191. The van der Waals surface area contributed by atoms with E-state index in [-0.39, 0.29) is 6.03 Å². The second kappa shape index (κ2) is 6.45. The molecule has 0 saturated carbocycles. The number of fused-ring (bicyclic) bond motifs is 1. The molecule has 0 radical (unpaired) electrons. The Balaban J connectivity index is 1.49. The molecule has 3 aromatic rings. The van der Waals surface area contributed by atoms with Crippen LogP contribution in [0.25, 0.3) is 11.3 Å². The first kappa shape index (κ1) is 14.9. The maximum atomic E-state index is 12.4. The first-order valence-corrected chi connectivity index (χ1v) is 8.77. The smallest absolute Gasteiger partial charge is 0.318 e. The molecule has 4 rings (SSSR count). The topological polar surface area (TPSA) is 73.9 Å². The number of urea groups is 1. The van der Waals surface area contributed by atoms with Crippen LogP contribution in [0.3, 0.4) is 0 Å². The van der Waals surface area contributed by atoms with Crippen molar-refractivity contribution in [2.75, 3.05) is 6.54 Å². The molecule has 2 N–H and O–H groups in total. The van der Waals surface area contributed by atoms with Crippen LogP contribution in [0, 0.1) is 0 Å². The Kier molecular flexibility index (Phi) is 4.00. The Hall–Kier alpha value is -2.67. The zero-order valence-corrected chi connectivity index (χ0v) is 13.8. The van der Waals surface area contributed by atoms with Crippen LogP contribution < -0.4 is 5.32 Å². The van der Waals surface area contributed by atoms with E-state index in [0.717, 1.165) is 34.6 Å². The van der Waals surface area contributed by atoms with Gasteiger partial charge in [0.1, 0.15) is 0 Å². The predicted molar refractivity (Wildman–Crippen MR) is 92.5 cm³/mol. The molecular weight excluding hydrogens is 322 g/mol. The quantitative estimate of drug-likeness (QED) is 0.770. The number of rotatable bonds is 3. The number of hydrogen-bond acceptors (Lipinski definition) is 4.